The molecule has 1 aliphatic rings. The first-order chi connectivity index (χ1) is 14.4. The lowest BCUT2D eigenvalue weighted by Crippen LogP contribution is -2.29. The van der Waals surface area contributed by atoms with Crippen LogP contribution in [-0.4, -0.2) is 23.9 Å². The Morgan fingerprint density at radius 1 is 1.03 bits per heavy atom. The summed E-state index contributed by atoms with van der Waals surface area (Å²) in [6.07, 6.45) is 0. The molecule has 2 heterocycles. The molecule has 0 bridgehead atoms. The van der Waals surface area contributed by atoms with Crippen LogP contribution in [0.15, 0.2) is 70.7 Å². The van der Waals surface area contributed by atoms with Crippen molar-refractivity contribution in [2.45, 2.75) is 19.9 Å². The first-order valence-corrected chi connectivity index (χ1v) is 9.49. The number of aryl methyl sites for hydroxylation is 2. The molecule has 1 saturated heterocycles. The number of nitrogens with zero attached hydrogens (tertiary/aromatic N) is 1. The summed E-state index contributed by atoms with van der Waals surface area (Å²) < 4.78 is 11.0. The normalized spacial score (nSPS) is 18.1. The predicted molar refractivity (Wildman–Crippen MR) is 112 cm³/mol. The molecule has 1 unspecified atom stereocenters. The molecule has 1 atom stereocenters. The number of rotatable bonds is 4. The van der Waals surface area contributed by atoms with Gasteiger partial charge in [-0.1, -0.05) is 18.2 Å². The van der Waals surface area contributed by atoms with Gasteiger partial charge in [0.2, 0.25) is 0 Å². The molecule has 1 fully saturated rings. The Kier molecular flexibility index (Phi) is 4.91. The van der Waals surface area contributed by atoms with Crippen LogP contribution in [0.5, 0.6) is 5.75 Å². The van der Waals surface area contributed by atoms with Gasteiger partial charge in [0, 0.05) is 11.3 Å². The van der Waals surface area contributed by atoms with Crippen LogP contribution in [-0.2, 0) is 9.59 Å². The predicted octanol–water partition coefficient (Wildman–Crippen LogP) is 4.53. The number of carbonyl (C=O) groups excluding carboxylic acids is 2. The van der Waals surface area contributed by atoms with Crippen molar-refractivity contribution in [3.63, 3.8) is 0 Å². The van der Waals surface area contributed by atoms with Gasteiger partial charge in [-0.25, -0.2) is 0 Å². The standard InChI is InChI=1S/C24H21NO5/c1-14-13-17(29-3)10-11-18(14)22(26)20-21(19-12-9-15(2)30-19)25(24(28)23(20)27)16-7-5-4-6-8-16/h4-13,21,26H,1-3H3/b22-20-. The van der Waals surface area contributed by atoms with E-state index in [9.17, 15) is 14.7 Å². The second-order valence-corrected chi connectivity index (χ2v) is 7.13. The Balaban J connectivity index is 1.94. The van der Waals surface area contributed by atoms with Gasteiger partial charge in [-0.05, 0) is 61.9 Å². The van der Waals surface area contributed by atoms with E-state index in [1.165, 1.54) is 4.90 Å². The van der Waals surface area contributed by atoms with Crippen molar-refractivity contribution in [3.05, 3.63) is 88.9 Å². The van der Waals surface area contributed by atoms with Crippen LogP contribution in [0.3, 0.4) is 0 Å². The average Bonchev–Trinajstić information content (AvgIpc) is 3.29. The van der Waals surface area contributed by atoms with Crippen LogP contribution in [0.25, 0.3) is 5.76 Å². The number of amides is 1. The molecule has 1 aromatic heterocycles. The van der Waals surface area contributed by atoms with Crippen molar-refractivity contribution in [2.24, 2.45) is 0 Å². The fraction of sp³-hybridized carbons (Fsp3) is 0.167. The highest BCUT2D eigenvalue weighted by atomic mass is 16.5. The summed E-state index contributed by atoms with van der Waals surface area (Å²) in [5.74, 6) is -0.0379. The van der Waals surface area contributed by atoms with Gasteiger partial charge in [-0.3, -0.25) is 14.5 Å². The van der Waals surface area contributed by atoms with Crippen LogP contribution in [0.4, 0.5) is 5.69 Å². The highest BCUT2D eigenvalue weighted by Gasteiger charge is 2.48. The van der Waals surface area contributed by atoms with Crippen molar-refractivity contribution in [2.75, 3.05) is 12.0 Å². The summed E-state index contributed by atoms with van der Waals surface area (Å²) in [4.78, 5) is 27.4. The van der Waals surface area contributed by atoms with E-state index in [0.717, 1.165) is 0 Å². The zero-order valence-corrected chi connectivity index (χ0v) is 16.9. The molecule has 1 amide bonds. The minimum Gasteiger partial charge on any atom is -0.507 e. The van der Waals surface area contributed by atoms with Gasteiger partial charge < -0.3 is 14.3 Å². The molecular weight excluding hydrogens is 382 g/mol. The summed E-state index contributed by atoms with van der Waals surface area (Å²) in [7, 11) is 1.55. The van der Waals surface area contributed by atoms with E-state index in [0.29, 0.717) is 34.1 Å². The molecule has 6 nitrogen and oxygen atoms in total. The number of anilines is 1. The Bertz CT molecular complexity index is 1160. The molecule has 30 heavy (non-hydrogen) atoms. The van der Waals surface area contributed by atoms with Crippen molar-refractivity contribution in [1.82, 2.24) is 0 Å². The number of aliphatic hydroxyl groups is 1. The van der Waals surface area contributed by atoms with Crippen LogP contribution < -0.4 is 9.64 Å². The second-order valence-electron chi connectivity index (χ2n) is 7.13. The number of hydrogen-bond donors (Lipinski definition) is 1. The molecule has 2 aromatic carbocycles. The van der Waals surface area contributed by atoms with Crippen LogP contribution in [0, 0.1) is 13.8 Å². The summed E-state index contributed by atoms with van der Waals surface area (Å²) in [6, 6.07) is 16.6. The molecule has 0 aliphatic carbocycles. The molecular formula is C24H21NO5. The van der Waals surface area contributed by atoms with E-state index >= 15 is 0 Å². The lowest BCUT2D eigenvalue weighted by Gasteiger charge is -2.23. The first-order valence-electron chi connectivity index (χ1n) is 9.49. The highest BCUT2D eigenvalue weighted by molar-refractivity contribution is 6.51. The first kappa shape index (κ1) is 19.5. The summed E-state index contributed by atoms with van der Waals surface area (Å²) >= 11 is 0. The summed E-state index contributed by atoms with van der Waals surface area (Å²) in [5.41, 5.74) is 1.71. The number of furan rings is 1. The molecule has 152 valence electrons. The van der Waals surface area contributed by atoms with Gasteiger partial charge in [-0.2, -0.15) is 0 Å². The Labute approximate surface area is 174 Å². The Morgan fingerprint density at radius 3 is 2.37 bits per heavy atom. The van der Waals surface area contributed by atoms with Crippen molar-refractivity contribution in [1.29, 1.82) is 0 Å². The van der Waals surface area contributed by atoms with E-state index in [4.69, 9.17) is 9.15 Å². The molecule has 0 saturated carbocycles. The number of benzene rings is 2. The molecule has 6 heteroatoms. The van der Waals surface area contributed by atoms with E-state index in [1.807, 2.05) is 6.07 Å². The molecule has 0 radical (unpaired) electrons. The third-order valence-electron chi connectivity index (χ3n) is 5.20. The minimum absolute atomic E-state index is 0.00790. The third kappa shape index (κ3) is 3.16. The SMILES string of the molecule is COc1ccc(/C(O)=C2/C(=O)C(=O)N(c3ccccc3)C2c2ccc(C)o2)c(C)c1. The molecule has 0 spiro atoms. The van der Waals surface area contributed by atoms with E-state index in [-0.39, 0.29) is 11.3 Å². The molecule has 3 aromatic rings. The zero-order valence-electron chi connectivity index (χ0n) is 16.9. The maximum atomic E-state index is 13.1. The Hall–Kier alpha value is -3.80. The quantitative estimate of drug-likeness (QED) is 0.393. The van der Waals surface area contributed by atoms with E-state index in [1.54, 1.807) is 75.6 Å². The minimum atomic E-state index is -0.873. The number of ether oxygens (including phenoxy) is 1. The monoisotopic (exact) mass is 403 g/mol. The van der Waals surface area contributed by atoms with Crippen molar-refractivity contribution in [3.8, 4) is 5.75 Å². The molecule has 4 rings (SSSR count). The topological polar surface area (TPSA) is 80.0 Å². The van der Waals surface area contributed by atoms with Gasteiger partial charge in [0.25, 0.3) is 11.7 Å². The number of methoxy groups -OCH3 is 1. The fourth-order valence-corrected chi connectivity index (χ4v) is 3.73. The average molecular weight is 403 g/mol. The number of aliphatic hydroxyl groups excluding tert-OH is 1. The number of carbonyl (C=O) groups is 2. The van der Waals surface area contributed by atoms with Gasteiger partial charge >= 0.3 is 0 Å². The number of hydrogen-bond acceptors (Lipinski definition) is 5. The van der Waals surface area contributed by atoms with Gasteiger partial charge in [0.1, 0.15) is 29.1 Å². The van der Waals surface area contributed by atoms with Crippen LogP contribution >= 0.6 is 0 Å². The maximum absolute atomic E-state index is 13.1. The maximum Gasteiger partial charge on any atom is 0.300 e. The van der Waals surface area contributed by atoms with Crippen LogP contribution in [0.2, 0.25) is 0 Å². The summed E-state index contributed by atoms with van der Waals surface area (Å²) in [5, 5.41) is 11.2. The summed E-state index contributed by atoms with van der Waals surface area (Å²) in [6.45, 7) is 3.59. The lowest BCUT2D eigenvalue weighted by atomic mass is 9.97. The molecule has 1 aliphatic heterocycles. The van der Waals surface area contributed by atoms with Crippen molar-refractivity contribution < 1.29 is 23.8 Å². The zero-order chi connectivity index (χ0) is 21.4. The largest absolute Gasteiger partial charge is 0.507 e. The fourth-order valence-electron chi connectivity index (χ4n) is 3.73. The number of para-hydroxylation sites is 1. The lowest BCUT2D eigenvalue weighted by molar-refractivity contribution is -0.132. The van der Waals surface area contributed by atoms with E-state index < -0.39 is 17.7 Å². The smallest absolute Gasteiger partial charge is 0.300 e. The molecule has 1 N–H and O–H groups in total. The highest BCUT2D eigenvalue weighted by Crippen LogP contribution is 2.43. The van der Waals surface area contributed by atoms with Crippen molar-refractivity contribution >= 4 is 23.1 Å². The van der Waals surface area contributed by atoms with Gasteiger partial charge in [0.15, 0.2) is 0 Å². The van der Waals surface area contributed by atoms with Crippen LogP contribution in [0.1, 0.15) is 28.7 Å². The third-order valence-corrected chi connectivity index (χ3v) is 5.20. The number of ketones is 1. The van der Waals surface area contributed by atoms with Gasteiger partial charge in [-0.15, -0.1) is 0 Å². The van der Waals surface area contributed by atoms with Gasteiger partial charge in [0.05, 0.1) is 12.7 Å². The second kappa shape index (κ2) is 7.55. The Morgan fingerprint density at radius 2 is 1.77 bits per heavy atom. The van der Waals surface area contributed by atoms with E-state index in [2.05, 4.69) is 0 Å². The number of Topliss-reactive ketones (excluding diaryl/α,β-unsaturated/α-hetero) is 1.